The van der Waals surface area contributed by atoms with E-state index in [0.29, 0.717) is 21.8 Å². The monoisotopic (exact) mass is 301 g/mol. The fourth-order valence-corrected chi connectivity index (χ4v) is 2.21. The third-order valence-electron chi connectivity index (χ3n) is 3.07. The van der Waals surface area contributed by atoms with Crippen LogP contribution in [-0.2, 0) is 0 Å². The normalized spacial score (nSPS) is 11.5. The number of para-hydroxylation sites is 1. The Labute approximate surface area is 126 Å². The second kappa shape index (κ2) is 6.25. The highest BCUT2D eigenvalue weighted by atomic mass is 35.5. The van der Waals surface area contributed by atoms with Crippen LogP contribution in [0.1, 0.15) is 24.1 Å². The first-order valence-electron chi connectivity index (χ1n) is 6.22. The lowest BCUT2D eigenvalue weighted by molar-refractivity contribution is -0.385. The first kappa shape index (κ1) is 14.8. The summed E-state index contributed by atoms with van der Waals surface area (Å²) in [4.78, 5) is 10.6. The summed E-state index contributed by atoms with van der Waals surface area (Å²) in [5.41, 5.74) is 1.68. The van der Waals surface area contributed by atoms with Gasteiger partial charge < -0.3 is 5.32 Å². The highest BCUT2D eigenvalue weighted by Crippen LogP contribution is 2.28. The molecule has 0 aliphatic heterocycles. The average Bonchev–Trinajstić information content (AvgIpc) is 2.49. The van der Waals surface area contributed by atoms with E-state index in [-0.39, 0.29) is 11.7 Å². The zero-order chi connectivity index (χ0) is 15.4. The Morgan fingerprint density at radius 1 is 1.33 bits per heavy atom. The van der Waals surface area contributed by atoms with Crippen molar-refractivity contribution in [2.75, 3.05) is 5.32 Å². The lowest BCUT2D eigenvalue weighted by Crippen LogP contribution is -2.09. The molecule has 5 nitrogen and oxygen atoms in total. The molecule has 1 unspecified atom stereocenters. The van der Waals surface area contributed by atoms with Gasteiger partial charge in [-0.15, -0.1) is 0 Å². The number of nitriles is 1. The molecule has 21 heavy (non-hydrogen) atoms. The molecule has 0 spiro atoms. The SMILES string of the molecule is CC(Nc1ccc(Cl)c(C#N)c1)c1ccccc1[N+](=O)[O-]. The van der Waals surface area contributed by atoms with Crippen molar-refractivity contribution >= 4 is 23.0 Å². The summed E-state index contributed by atoms with van der Waals surface area (Å²) in [6.45, 7) is 1.82. The van der Waals surface area contributed by atoms with Crippen LogP contribution < -0.4 is 5.32 Å². The molecule has 0 saturated heterocycles. The molecular formula is C15H12ClN3O2. The molecule has 0 saturated carbocycles. The Morgan fingerprint density at radius 3 is 2.71 bits per heavy atom. The maximum Gasteiger partial charge on any atom is 0.274 e. The van der Waals surface area contributed by atoms with Gasteiger partial charge >= 0.3 is 0 Å². The average molecular weight is 302 g/mol. The molecule has 2 rings (SSSR count). The highest BCUT2D eigenvalue weighted by molar-refractivity contribution is 6.31. The van der Waals surface area contributed by atoms with E-state index >= 15 is 0 Å². The number of nitro groups is 1. The van der Waals surface area contributed by atoms with E-state index in [0.717, 1.165) is 0 Å². The van der Waals surface area contributed by atoms with Gasteiger partial charge in [-0.25, -0.2) is 0 Å². The van der Waals surface area contributed by atoms with Crippen molar-refractivity contribution in [2.24, 2.45) is 0 Å². The van der Waals surface area contributed by atoms with Crippen molar-refractivity contribution in [1.29, 1.82) is 5.26 Å². The molecule has 0 bridgehead atoms. The molecule has 106 valence electrons. The predicted molar refractivity (Wildman–Crippen MR) is 81.3 cm³/mol. The molecule has 0 aromatic heterocycles. The van der Waals surface area contributed by atoms with Gasteiger partial charge in [-0.2, -0.15) is 5.26 Å². The van der Waals surface area contributed by atoms with E-state index in [1.165, 1.54) is 6.07 Å². The molecular weight excluding hydrogens is 290 g/mol. The molecule has 1 atom stereocenters. The summed E-state index contributed by atoms with van der Waals surface area (Å²) in [5.74, 6) is 0. The standard InChI is InChI=1S/C15H12ClN3O2/c1-10(13-4-2-3-5-15(13)19(20)21)18-12-6-7-14(16)11(8-12)9-17/h2-8,10,18H,1H3. The molecule has 0 aliphatic rings. The summed E-state index contributed by atoms with van der Waals surface area (Å²) < 4.78 is 0. The number of benzene rings is 2. The zero-order valence-electron chi connectivity index (χ0n) is 11.2. The minimum atomic E-state index is -0.407. The van der Waals surface area contributed by atoms with Crippen molar-refractivity contribution in [3.8, 4) is 6.07 Å². The van der Waals surface area contributed by atoms with E-state index in [1.54, 1.807) is 36.4 Å². The number of anilines is 1. The summed E-state index contributed by atoms with van der Waals surface area (Å²) in [7, 11) is 0. The van der Waals surface area contributed by atoms with Crippen LogP contribution in [0, 0.1) is 21.4 Å². The third-order valence-corrected chi connectivity index (χ3v) is 3.40. The van der Waals surface area contributed by atoms with Crippen molar-refractivity contribution < 1.29 is 4.92 Å². The number of nitro benzene ring substituents is 1. The van der Waals surface area contributed by atoms with Gasteiger partial charge in [0.2, 0.25) is 0 Å². The zero-order valence-corrected chi connectivity index (χ0v) is 12.0. The molecule has 6 heteroatoms. The maximum absolute atomic E-state index is 11.0. The Balaban J connectivity index is 2.29. The van der Waals surface area contributed by atoms with Crippen LogP contribution >= 0.6 is 11.6 Å². The minimum absolute atomic E-state index is 0.0620. The fraction of sp³-hybridized carbons (Fsp3) is 0.133. The topological polar surface area (TPSA) is 79.0 Å². The van der Waals surface area contributed by atoms with Crippen molar-refractivity contribution in [2.45, 2.75) is 13.0 Å². The van der Waals surface area contributed by atoms with E-state index < -0.39 is 4.92 Å². The quantitative estimate of drug-likeness (QED) is 0.674. The van der Waals surface area contributed by atoms with Crippen LogP contribution in [0.3, 0.4) is 0 Å². The molecule has 2 aromatic carbocycles. The first-order valence-corrected chi connectivity index (χ1v) is 6.60. The van der Waals surface area contributed by atoms with E-state index in [1.807, 2.05) is 13.0 Å². The number of rotatable bonds is 4. The van der Waals surface area contributed by atoms with Crippen molar-refractivity contribution in [3.05, 3.63) is 68.7 Å². The second-order valence-electron chi connectivity index (χ2n) is 4.49. The van der Waals surface area contributed by atoms with Gasteiger partial charge in [0.15, 0.2) is 0 Å². The van der Waals surface area contributed by atoms with Gasteiger partial charge in [-0.3, -0.25) is 10.1 Å². The molecule has 0 fully saturated rings. The molecule has 0 radical (unpaired) electrons. The van der Waals surface area contributed by atoms with Gasteiger partial charge in [0.05, 0.1) is 27.1 Å². The summed E-state index contributed by atoms with van der Waals surface area (Å²) >= 11 is 5.88. The second-order valence-corrected chi connectivity index (χ2v) is 4.90. The Kier molecular flexibility index (Phi) is 4.41. The summed E-state index contributed by atoms with van der Waals surface area (Å²) in [6.07, 6.45) is 0. The smallest absolute Gasteiger partial charge is 0.274 e. The number of nitrogens with zero attached hydrogens (tertiary/aromatic N) is 2. The molecule has 1 N–H and O–H groups in total. The maximum atomic E-state index is 11.0. The number of halogens is 1. The number of nitrogens with one attached hydrogen (secondary N) is 1. The number of hydrogen-bond acceptors (Lipinski definition) is 4. The van der Waals surface area contributed by atoms with Crippen LogP contribution in [0.25, 0.3) is 0 Å². The van der Waals surface area contributed by atoms with E-state index in [2.05, 4.69) is 5.32 Å². The summed E-state index contributed by atoms with van der Waals surface area (Å²) in [6, 6.07) is 13.2. The van der Waals surface area contributed by atoms with Gasteiger partial charge in [0.25, 0.3) is 5.69 Å². The van der Waals surface area contributed by atoms with Gasteiger partial charge in [0, 0.05) is 11.8 Å². The Hall–Kier alpha value is -2.58. The largest absolute Gasteiger partial charge is 0.378 e. The van der Waals surface area contributed by atoms with E-state index in [9.17, 15) is 10.1 Å². The van der Waals surface area contributed by atoms with Crippen LogP contribution in [0.2, 0.25) is 5.02 Å². The molecule has 0 aliphatic carbocycles. The van der Waals surface area contributed by atoms with Crippen molar-refractivity contribution in [1.82, 2.24) is 0 Å². The lowest BCUT2D eigenvalue weighted by Gasteiger charge is -2.16. The van der Waals surface area contributed by atoms with Gasteiger partial charge in [-0.05, 0) is 25.1 Å². The fourth-order valence-electron chi connectivity index (χ4n) is 2.05. The molecule has 0 heterocycles. The van der Waals surface area contributed by atoms with E-state index in [4.69, 9.17) is 16.9 Å². The number of hydrogen-bond donors (Lipinski definition) is 1. The van der Waals surface area contributed by atoms with Crippen LogP contribution in [0.5, 0.6) is 0 Å². The van der Waals surface area contributed by atoms with Crippen LogP contribution in [0.4, 0.5) is 11.4 Å². The lowest BCUT2D eigenvalue weighted by atomic mass is 10.1. The van der Waals surface area contributed by atoms with Crippen molar-refractivity contribution in [3.63, 3.8) is 0 Å². The van der Waals surface area contributed by atoms with Crippen LogP contribution in [-0.4, -0.2) is 4.92 Å². The third kappa shape index (κ3) is 3.30. The first-order chi connectivity index (χ1) is 10.0. The minimum Gasteiger partial charge on any atom is -0.378 e. The Bertz CT molecular complexity index is 725. The van der Waals surface area contributed by atoms with Gasteiger partial charge in [0.1, 0.15) is 6.07 Å². The molecule has 2 aromatic rings. The predicted octanol–water partition coefficient (Wildman–Crippen LogP) is 4.29. The van der Waals surface area contributed by atoms with Gasteiger partial charge in [-0.1, -0.05) is 29.8 Å². The molecule has 0 amide bonds. The summed E-state index contributed by atoms with van der Waals surface area (Å²) in [5, 5.41) is 23.5. The van der Waals surface area contributed by atoms with Crippen LogP contribution in [0.15, 0.2) is 42.5 Å². The Morgan fingerprint density at radius 2 is 2.05 bits per heavy atom. The highest BCUT2D eigenvalue weighted by Gasteiger charge is 2.18.